The van der Waals surface area contributed by atoms with Crippen molar-refractivity contribution < 1.29 is 33.3 Å². The highest BCUT2D eigenvalue weighted by atomic mass is 19.4. The number of halogens is 3. The van der Waals surface area contributed by atoms with Gasteiger partial charge < -0.3 is 15.3 Å². The highest BCUT2D eigenvalue weighted by molar-refractivity contribution is 5.97. The van der Waals surface area contributed by atoms with E-state index in [0.717, 1.165) is 30.5 Å². The zero-order chi connectivity index (χ0) is 29.4. The van der Waals surface area contributed by atoms with Crippen LogP contribution >= 0.6 is 0 Å². The van der Waals surface area contributed by atoms with Crippen molar-refractivity contribution in [2.24, 2.45) is 10.2 Å². The highest BCUT2D eigenvalue weighted by Crippen LogP contribution is 2.45. The van der Waals surface area contributed by atoms with Gasteiger partial charge in [-0.1, -0.05) is 55.8 Å². The van der Waals surface area contributed by atoms with Crippen LogP contribution in [0.3, 0.4) is 0 Å². The molecule has 0 amide bonds. The summed E-state index contributed by atoms with van der Waals surface area (Å²) in [6.45, 7) is 2.03. The molecular formula is C31H26F3N3O4. The number of carboxylic acid groups (broad SMARTS) is 1. The van der Waals surface area contributed by atoms with Gasteiger partial charge in [-0.05, 0) is 60.0 Å². The number of aromatic hydroxyl groups is 2. The molecule has 1 aromatic heterocycles. The van der Waals surface area contributed by atoms with E-state index in [1.54, 1.807) is 36.4 Å². The van der Waals surface area contributed by atoms with E-state index in [0.29, 0.717) is 16.8 Å². The van der Waals surface area contributed by atoms with Crippen molar-refractivity contribution in [1.82, 2.24) is 4.57 Å². The van der Waals surface area contributed by atoms with Crippen molar-refractivity contribution in [2.75, 3.05) is 0 Å². The second kappa shape index (κ2) is 10.6. The Bertz CT molecular complexity index is 1720. The first-order valence-corrected chi connectivity index (χ1v) is 12.9. The lowest BCUT2D eigenvalue weighted by molar-refractivity contribution is -0.141. The minimum atomic E-state index is -4.63. The summed E-state index contributed by atoms with van der Waals surface area (Å²) >= 11 is 0. The maximum absolute atomic E-state index is 13.6. The van der Waals surface area contributed by atoms with E-state index in [2.05, 4.69) is 10.2 Å². The van der Waals surface area contributed by atoms with Gasteiger partial charge in [-0.15, -0.1) is 5.11 Å². The van der Waals surface area contributed by atoms with Gasteiger partial charge in [0.25, 0.3) is 0 Å². The maximum Gasteiger partial charge on any atom is 0.416 e. The average molecular weight is 562 g/mol. The van der Waals surface area contributed by atoms with Crippen LogP contribution in [0.15, 0.2) is 95.2 Å². The molecule has 41 heavy (non-hydrogen) atoms. The number of carbonyl (C=O) groups is 1. The van der Waals surface area contributed by atoms with Crippen LogP contribution in [0.25, 0.3) is 22.2 Å². The fourth-order valence-electron chi connectivity index (χ4n) is 4.95. The molecule has 3 aromatic carbocycles. The summed E-state index contributed by atoms with van der Waals surface area (Å²) in [6.07, 6.45) is 1.45. The molecule has 1 heterocycles. The van der Waals surface area contributed by atoms with Gasteiger partial charge in [0.15, 0.2) is 5.69 Å². The number of aromatic nitrogens is 1. The molecule has 1 atom stereocenters. The Hall–Kier alpha value is -4.86. The molecule has 0 aliphatic heterocycles. The third kappa shape index (κ3) is 5.20. The lowest BCUT2D eigenvalue weighted by Crippen LogP contribution is -2.35. The fourth-order valence-corrected chi connectivity index (χ4v) is 4.95. The van der Waals surface area contributed by atoms with Gasteiger partial charge in [-0.2, -0.15) is 18.3 Å². The Morgan fingerprint density at radius 1 is 1.05 bits per heavy atom. The zero-order valence-electron chi connectivity index (χ0n) is 21.9. The second-order valence-corrected chi connectivity index (χ2v) is 9.83. The molecule has 7 nitrogen and oxygen atoms in total. The predicted octanol–water partition coefficient (Wildman–Crippen LogP) is 7.96. The summed E-state index contributed by atoms with van der Waals surface area (Å²) in [5, 5.41) is 40.2. The van der Waals surface area contributed by atoms with Crippen LogP contribution in [-0.4, -0.2) is 31.4 Å². The Kier molecular flexibility index (Phi) is 7.17. The number of hydrogen-bond donors (Lipinski definition) is 3. The lowest BCUT2D eigenvalue weighted by atomic mass is 9.84. The molecule has 0 fully saturated rings. The molecule has 10 heteroatoms. The molecule has 5 rings (SSSR count). The second-order valence-electron chi connectivity index (χ2n) is 9.83. The van der Waals surface area contributed by atoms with Gasteiger partial charge in [0.1, 0.15) is 5.75 Å². The first-order chi connectivity index (χ1) is 19.5. The summed E-state index contributed by atoms with van der Waals surface area (Å²) in [7, 11) is 0. The topological polar surface area (TPSA) is 107 Å². The number of rotatable bonds is 7. The Labute approximate surface area is 233 Å². The molecular weight excluding hydrogens is 535 g/mol. The van der Waals surface area contributed by atoms with Gasteiger partial charge in [0, 0.05) is 23.1 Å². The minimum absolute atomic E-state index is 0.0311. The number of aliphatic carboxylic acids is 1. The molecule has 1 aliphatic carbocycles. The van der Waals surface area contributed by atoms with E-state index in [4.69, 9.17) is 0 Å². The van der Waals surface area contributed by atoms with Crippen LogP contribution in [0.2, 0.25) is 0 Å². The van der Waals surface area contributed by atoms with E-state index >= 15 is 0 Å². The summed E-state index contributed by atoms with van der Waals surface area (Å²) < 4.78 is 42.1. The number of carboxylic acids is 1. The molecule has 210 valence electrons. The summed E-state index contributed by atoms with van der Waals surface area (Å²) in [5.41, 5.74) is -0.561. The molecule has 0 spiro atoms. The molecule has 0 saturated heterocycles. The summed E-state index contributed by atoms with van der Waals surface area (Å²) in [6, 6.07) is 16.5. The van der Waals surface area contributed by atoms with Crippen LogP contribution < -0.4 is 0 Å². The van der Waals surface area contributed by atoms with Crippen LogP contribution in [0.4, 0.5) is 18.9 Å². The van der Waals surface area contributed by atoms with Crippen LogP contribution in [-0.2, 0) is 17.4 Å². The van der Waals surface area contributed by atoms with Crippen LogP contribution in [0, 0.1) is 0 Å². The third-order valence-corrected chi connectivity index (χ3v) is 7.06. The van der Waals surface area contributed by atoms with E-state index in [1.807, 2.05) is 19.1 Å². The Balaban J connectivity index is 1.63. The molecule has 3 N–H and O–H groups in total. The number of alkyl halides is 3. The van der Waals surface area contributed by atoms with Crippen molar-refractivity contribution in [1.29, 1.82) is 0 Å². The quantitative estimate of drug-likeness (QED) is 0.199. The highest BCUT2D eigenvalue weighted by Gasteiger charge is 2.40. The summed E-state index contributed by atoms with van der Waals surface area (Å²) in [5.74, 6) is -1.84. The number of phenols is 1. The lowest BCUT2D eigenvalue weighted by Gasteiger charge is -2.25. The molecule has 1 aliphatic rings. The van der Waals surface area contributed by atoms with E-state index in [-0.39, 0.29) is 28.8 Å². The largest absolute Gasteiger partial charge is 0.507 e. The third-order valence-electron chi connectivity index (χ3n) is 7.06. The molecule has 0 saturated carbocycles. The first kappa shape index (κ1) is 27.7. The van der Waals surface area contributed by atoms with Gasteiger partial charge in [0.2, 0.25) is 11.4 Å². The number of benzene rings is 3. The van der Waals surface area contributed by atoms with Gasteiger partial charge in [-0.3, -0.25) is 4.57 Å². The number of hydrogen-bond acceptors (Lipinski definition) is 5. The summed E-state index contributed by atoms with van der Waals surface area (Å²) in [4.78, 5) is 12.5. The number of phenolic OH excluding ortho intramolecular Hbond substituents is 1. The van der Waals surface area contributed by atoms with Crippen molar-refractivity contribution in [2.45, 2.75) is 37.9 Å². The molecule has 1 unspecified atom stereocenters. The zero-order valence-corrected chi connectivity index (χ0v) is 21.9. The smallest absolute Gasteiger partial charge is 0.416 e. The Morgan fingerprint density at radius 2 is 1.78 bits per heavy atom. The Morgan fingerprint density at radius 3 is 2.44 bits per heavy atom. The van der Waals surface area contributed by atoms with Crippen molar-refractivity contribution in [3.63, 3.8) is 0 Å². The van der Waals surface area contributed by atoms with Crippen LogP contribution in [0.5, 0.6) is 11.6 Å². The van der Waals surface area contributed by atoms with Gasteiger partial charge >= 0.3 is 12.1 Å². The molecule has 4 aromatic rings. The van der Waals surface area contributed by atoms with Crippen molar-refractivity contribution in [3.05, 3.63) is 102 Å². The van der Waals surface area contributed by atoms with Crippen LogP contribution in [0.1, 0.15) is 36.5 Å². The number of nitrogens with zero attached hydrogens (tertiary/aromatic N) is 3. The van der Waals surface area contributed by atoms with Crippen molar-refractivity contribution >= 4 is 28.1 Å². The average Bonchev–Trinajstić information content (AvgIpc) is 3.22. The number of aryl methyl sites for hydroxylation is 1. The van der Waals surface area contributed by atoms with Gasteiger partial charge in [0.05, 0.1) is 11.1 Å². The first-order valence-electron chi connectivity index (χ1n) is 12.9. The molecule has 0 bridgehead atoms. The van der Waals surface area contributed by atoms with E-state index in [9.17, 15) is 33.3 Å². The monoisotopic (exact) mass is 561 g/mol. The van der Waals surface area contributed by atoms with Crippen molar-refractivity contribution in [3.8, 4) is 17.3 Å². The SMILES string of the molecule is CCCc1ccc(-n2c(O)c(N=NC3(C(=O)O)C=CC=C(c4ccccc4O)C3)c3ccc(C(F)(F)F)cc32)cc1. The number of azo groups is 1. The van der Waals surface area contributed by atoms with Gasteiger partial charge in [-0.25, -0.2) is 4.79 Å². The maximum atomic E-state index is 13.6. The normalized spacial score (nSPS) is 17.3. The standard InChI is InChI=1S/C31H26F3N3O4/c1-2-6-19-10-13-22(14-11-19)37-25-17-21(31(32,33)34)12-15-24(25)27(28(37)39)35-36-30(29(40)41)16-5-7-20(18-30)23-8-3-4-9-26(23)38/h3-5,7-17,38-39H,2,6,18H2,1H3,(H,40,41). The number of fused-ring (bicyclic) bond motifs is 1. The molecule has 0 radical (unpaired) electrons. The minimum Gasteiger partial charge on any atom is -0.507 e. The number of para-hydroxylation sites is 1. The predicted molar refractivity (Wildman–Crippen MR) is 149 cm³/mol. The van der Waals surface area contributed by atoms with E-state index < -0.39 is 29.1 Å². The van der Waals surface area contributed by atoms with E-state index in [1.165, 1.54) is 28.9 Å². The number of allylic oxidation sites excluding steroid dienone is 2. The fraction of sp³-hybridized carbons (Fsp3) is 0.194.